The quantitative estimate of drug-likeness (QED) is 0.689. The molecule has 5 aliphatic heterocycles. The largest absolute Gasteiger partial charge is 0.363 e. The molecule has 4 fully saturated rings. The summed E-state index contributed by atoms with van der Waals surface area (Å²) in [5.41, 5.74) is -1.32. The zero-order chi connectivity index (χ0) is 20.4. The number of halogens is 2. The predicted octanol–water partition coefficient (Wildman–Crippen LogP) is 0.307. The van der Waals surface area contributed by atoms with Gasteiger partial charge in [0.1, 0.15) is 11.9 Å². The summed E-state index contributed by atoms with van der Waals surface area (Å²) in [6.45, 7) is 1.12. The van der Waals surface area contributed by atoms with Crippen molar-refractivity contribution in [2.75, 3.05) is 18.0 Å². The van der Waals surface area contributed by atoms with Crippen molar-refractivity contribution >= 4 is 29.3 Å². The summed E-state index contributed by atoms with van der Waals surface area (Å²) < 4.78 is 30.3. The first kappa shape index (κ1) is 18.2. The van der Waals surface area contributed by atoms with Crippen molar-refractivity contribution in [1.82, 2.24) is 15.5 Å². The lowest BCUT2D eigenvalue weighted by atomic mass is 9.92. The zero-order valence-corrected chi connectivity index (χ0v) is 15.3. The van der Waals surface area contributed by atoms with E-state index in [1.807, 2.05) is 0 Å². The van der Waals surface area contributed by atoms with E-state index in [0.29, 0.717) is 18.0 Å². The van der Waals surface area contributed by atoms with Gasteiger partial charge in [0.05, 0.1) is 16.8 Å². The molecule has 152 valence electrons. The van der Waals surface area contributed by atoms with Crippen LogP contribution >= 0.6 is 0 Å². The normalized spacial score (nSPS) is 28.8. The van der Waals surface area contributed by atoms with E-state index in [9.17, 15) is 23.6 Å². The number of imide groups is 2. The van der Waals surface area contributed by atoms with Crippen LogP contribution in [0, 0.1) is 11.6 Å². The minimum Gasteiger partial charge on any atom is -0.363 e. The van der Waals surface area contributed by atoms with Crippen LogP contribution in [0.1, 0.15) is 46.4 Å². The first-order valence-corrected chi connectivity index (χ1v) is 9.60. The summed E-state index contributed by atoms with van der Waals surface area (Å²) in [5.74, 6) is -5.36. The number of carbonyl (C=O) groups excluding carboxylic acids is 4. The van der Waals surface area contributed by atoms with E-state index in [2.05, 4.69) is 10.6 Å². The Morgan fingerprint density at radius 3 is 2.38 bits per heavy atom. The molecular formula is C19H18F2N4O4. The molecule has 2 bridgehead atoms. The van der Waals surface area contributed by atoms with E-state index < -0.39 is 52.4 Å². The van der Waals surface area contributed by atoms with Crippen LogP contribution in [0.4, 0.5) is 14.5 Å². The van der Waals surface area contributed by atoms with Gasteiger partial charge in [-0.15, -0.1) is 0 Å². The van der Waals surface area contributed by atoms with Crippen LogP contribution in [0.25, 0.3) is 0 Å². The van der Waals surface area contributed by atoms with Crippen molar-refractivity contribution in [2.24, 2.45) is 0 Å². The second kappa shape index (κ2) is 6.31. The first-order valence-electron chi connectivity index (χ1n) is 9.60. The molecule has 0 saturated carbocycles. The Bertz CT molecular complexity index is 973. The molecule has 3 unspecified atom stereocenters. The van der Waals surface area contributed by atoms with E-state index in [1.165, 1.54) is 0 Å². The molecule has 0 spiro atoms. The van der Waals surface area contributed by atoms with Gasteiger partial charge in [0.25, 0.3) is 11.8 Å². The minimum absolute atomic E-state index is 0.0228. The average Bonchev–Trinajstić information content (AvgIpc) is 2.97. The number of amides is 4. The van der Waals surface area contributed by atoms with Crippen molar-refractivity contribution in [3.8, 4) is 0 Å². The molecule has 10 heteroatoms. The lowest BCUT2D eigenvalue weighted by Crippen LogP contribution is -2.61. The molecule has 1 aromatic carbocycles. The number of carbonyl (C=O) groups is 4. The third-order valence-corrected chi connectivity index (χ3v) is 6.24. The van der Waals surface area contributed by atoms with Gasteiger partial charge in [0.15, 0.2) is 5.82 Å². The maximum absolute atomic E-state index is 15.4. The smallest absolute Gasteiger partial charge is 0.265 e. The molecule has 5 aliphatic rings. The zero-order valence-electron chi connectivity index (χ0n) is 15.3. The minimum atomic E-state index is -1.27. The van der Waals surface area contributed by atoms with Crippen molar-refractivity contribution in [1.29, 1.82) is 0 Å². The molecule has 3 atom stereocenters. The molecule has 4 saturated heterocycles. The summed E-state index contributed by atoms with van der Waals surface area (Å²) in [6.07, 6.45) is 1.62. The molecule has 2 N–H and O–H groups in total. The van der Waals surface area contributed by atoms with Gasteiger partial charge < -0.3 is 10.2 Å². The molecule has 0 aliphatic carbocycles. The number of hydrogen-bond acceptors (Lipinski definition) is 6. The summed E-state index contributed by atoms with van der Waals surface area (Å²) >= 11 is 0. The number of piperidine rings is 3. The number of fused-ring (bicyclic) bond motifs is 4. The van der Waals surface area contributed by atoms with Crippen LogP contribution in [0.15, 0.2) is 6.07 Å². The van der Waals surface area contributed by atoms with Gasteiger partial charge in [-0.3, -0.25) is 29.4 Å². The molecular weight excluding hydrogens is 386 g/mol. The lowest BCUT2D eigenvalue weighted by molar-refractivity contribution is -0.136. The fraction of sp³-hybridized carbons (Fsp3) is 0.474. The molecule has 6 rings (SSSR count). The Hall–Kier alpha value is -2.88. The first-order chi connectivity index (χ1) is 13.9. The monoisotopic (exact) mass is 404 g/mol. The van der Waals surface area contributed by atoms with Crippen LogP contribution in [0.3, 0.4) is 0 Å². The average molecular weight is 404 g/mol. The van der Waals surface area contributed by atoms with Gasteiger partial charge >= 0.3 is 0 Å². The van der Waals surface area contributed by atoms with E-state index in [4.69, 9.17) is 0 Å². The van der Waals surface area contributed by atoms with Gasteiger partial charge in [-0.05, 0) is 19.3 Å². The van der Waals surface area contributed by atoms with E-state index in [1.54, 1.807) is 4.90 Å². The number of benzene rings is 1. The van der Waals surface area contributed by atoms with Gasteiger partial charge in [0.2, 0.25) is 11.8 Å². The second-order valence-electron chi connectivity index (χ2n) is 7.88. The van der Waals surface area contributed by atoms with Gasteiger partial charge in [0, 0.05) is 37.7 Å². The molecule has 5 heterocycles. The SMILES string of the molecule is O=C1CCC(N2C(=O)c3c(F)cc(N4CC5CCC4CN5)c(F)c3C2=O)C(=O)N1. The number of nitrogens with zero attached hydrogens (tertiary/aromatic N) is 2. The fourth-order valence-electron chi connectivity index (χ4n) is 4.78. The highest BCUT2D eigenvalue weighted by Crippen LogP contribution is 2.38. The highest BCUT2D eigenvalue weighted by molar-refractivity contribution is 6.24. The Morgan fingerprint density at radius 2 is 1.76 bits per heavy atom. The molecule has 0 aromatic heterocycles. The van der Waals surface area contributed by atoms with Crippen LogP contribution in [0.2, 0.25) is 0 Å². The summed E-state index contributed by atoms with van der Waals surface area (Å²) in [6, 6.07) is -0.162. The fourth-order valence-corrected chi connectivity index (χ4v) is 4.78. The maximum atomic E-state index is 15.4. The van der Waals surface area contributed by atoms with Crippen molar-refractivity contribution in [3.05, 3.63) is 28.8 Å². The number of piperazine rings is 1. The highest BCUT2D eigenvalue weighted by Gasteiger charge is 2.49. The van der Waals surface area contributed by atoms with Crippen molar-refractivity contribution in [2.45, 2.75) is 43.8 Å². The molecule has 0 radical (unpaired) electrons. The standard InChI is InChI=1S/C19H18F2N4O4/c20-10-5-12(24-7-8-1-2-9(24)6-22-8)16(21)15-14(10)18(28)25(19(15)29)11-3-4-13(26)23-17(11)27/h5,8-9,11,22H,1-4,6-7H2,(H,23,26,27). The van der Waals surface area contributed by atoms with Gasteiger partial charge in [-0.1, -0.05) is 0 Å². The Morgan fingerprint density at radius 1 is 1.00 bits per heavy atom. The predicted molar refractivity (Wildman–Crippen MR) is 95.2 cm³/mol. The van der Waals surface area contributed by atoms with Crippen molar-refractivity contribution < 1.29 is 28.0 Å². The molecule has 4 amide bonds. The van der Waals surface area contributed by atoms with E-state index in [-0.39, 0.29) is 30.6 Å². The van der Waals surface area contributed by atoms with E-state index in [0.717, 1.165) is 18.9 Å². The number of hydrogen-bond donors (Lipinski definition) is 2. The van der Waals surface area contributed by atoms with Gasteiger partial charge in [-0.2, -0.15) is 0 Å². The Kier molecular flexibility index (Phi) is 3.95. The summed E-state index contributed by atoms with van der Waals surface area (Å²) in [4.78, 5) is 51.4. The Balaban J connectivity index is 1.55. The van der Waals surface area contributed by atoms with E-state index >= 15 is 4.39 Å². The molecule has 29 heavy (non-hydrogen) atoms. The van der Waals surface area contributed by atoms with Crippen LogP contribution in [-0.2, 0) is 9.59 Å². The molecule has 8 nitrogen and oxygen atoms in total. The third kappa shape index (κ3) is 2.58. The highest BCUT2D eigenvalue weighted by atomic mass is 19.1. The number of rotatable bonds is 2. The van der Waals surface area contributed by atoms with Crippen LogP contribution in [0.5, 0.6) is 0 Å². The molecule has 1 aromatic rings. The Labute approximate surface area is 164 Å². The van der Waals surface area contributed by atoms with Gasteiger partial charge in [-0.25, -0.2) is 8.78 Å². The summed E-state index contributed by atoms with van der Waals surface area (Å²) in [5, 5.41) is 5.38. The van der Waals surface area contributed by atoms with Crippen LogP contribution < -0.4 is 15.5 Å². The lowest BCUT2D eigenvalue weighted by Gasteiger charge is -2.47. The summed E-state index contributed by atoms with van der Waals surface area (Å²) in [7, 11) is 0. The van der Waals surface area contributed by atoms with Crippen molar-refractivity contribution in [3.63, 3.8) is 0 Å². The number of nitrogens with one attached hydrogen (secondary N) is 2. The maximum Gasteiger partial charge on any atom is 0.265 e. The van der Waals surface area contributed by atoms with Crippen LogP contribution in [-0.4, -0.2) is 59.7 Å². The second-order valence-corrected chi connectivity index (χ2v) is 7.88. The number of anilines is 1. The third-order valence-electron chi connectivity index (χ3n) is 6.24. The topological polar surface area (TPSA) is 98.8 Å².